The van der Waals surface area contributed by atoms with Crippen LogP contribution in [0.5, 0.6) is 0 Å². The summed E-state index contributed by atoms with van der Waals surface area (Å²) >= 11 is 0. The van der Waals surface area contributed by atoms with E-state index in [-0.39, 0.29) is 5.56 Å². The Hall–Kier alpha value is -1.56. The molecule has 0 saturated heterocycles. The molecule has 1 fully saturated rings. The van der Waals surface area contributed by atoms with Gasteiger partial charge in [0.05, 0.1) is 5.69 Å². The van der Waals surface area contributed by atoms with Gasteiger partial charge in [0.1, 0.15) is 17.4 Å². The number of hydrogen-bond acceptors (Lipinski definition) is 2. The molecule has 1 aromatic rings. The van der Waals surface area contributed by atoms with Gasteiger partial charge in [-0.2, -0.15) is 5.26 Å². The van der Waals surface area contributed by atoms with Gasteiger partial charge >= 0.3 is 0 Å². The Kier molecular flexibility index (Phi) is 3.09. The van der Waals surface area contributed by atoms with Crippen molar-refractivity contribution in [1.29, 1.82) is 5.26 Å². The Labute approximate surface area is 95.3 Å². The minimum Gasteiger partial charge on any atom is -0.367 e. The summed E-state index contributed by atoms with van der Waals surface area (Å²) < 4.78 is 13.5. The molecule has 0 N–H and O–H groups in total. The minimum absolute atomic E-state index is 0.183. The van der Waals surface area contributed by atoms with Crippen LogP contribution < -0.4 is 4.90 Å². The molecule has 16 heavy (non-hydrogen) atoms. The van der Waals surface area contributed by atoms with Crippen LogP contribution >= 0.6 is 0 Å². The third-order valence-corrected chi connectivity index (χ3v) is 2.87. The highest BCUT2D eigenvalue weighted by molar-refractivity contribution is 5.61. The van der Waals surface area contributed by atoms with Crippen LogP contribution in [0.4, 0.5) is 10.1 Å². The Morgan fingerprint density at radius 1 is 1.50 bits per heavy atom. The molecule has 1 aliphatic carbocycles. The lowest BCUT2D eigenvalue weighted by Gasteiger charge is -2.25. The molecule has 0 aromatic heterocycles. The third kappa shape index (κ3) is 2.01. The van der Waals surface area contributed by atoms with Gasteiger partial charge in [-0.1, -0.05) is 13.0 Å². The van der Waals surface area contributed by atoms with Crippen molar-refractivity contribution in [3.05, 3.63) is 29.6 Å². The summed E-state index contributed by atoms with van der Waals surface area (Å²) in [5, 5.41) is 9.00. The van der Waals surface area contributed by atoms with Crippen molar-refractivity contribution < 1.29 is 4.39 Å². The molecule has 0 aliphatic heterocycles. The van der Waals surface area contributed by atoms with Crippen molar-refractivity contribution in [1.82, 2.24) is 0 Å². The van der Waals surface area contributed by atoms with Crippen molar-refractivity contribution in [3.63, 3.8) is 0 Å². The van der Waals surface area contributed by atoms with Crippen LogP contribution in [0.1, 0.15) is 31.7 Å². The molecule has 0 spiro atoms. The zero-order valence-corrected chi connectivity index (χ0v) is 9.41. The Morgan fingerprint density at radius 3 is 2.81 bits per heavy atom. The quantitative estimate of drug-likeness (QED) is 0.776. The SMILES string of the molecule is CCCN(c1cccc(F)c1C#N)C1CC1. The van der Waals surface area contributed by atoms with E-state index in [0.717, 1.165) is 31.5 Å². The smallest absolute Gasteiger partial charge is 0.143 e. The first-order valence-electron chi connectivity index (χ1n) is 5.73. The second-order valence-electron chi connectivity index (χ2n) is 4.17. The van der Waals surface area contributed by atoms with E-state index in [2.05, 4.69) is 11.8 Å². The summed E-state index contributed by atoms with van der Waals surface area (Å²) in [5.74, 6) is -0.415. The number of nitriles is 1. The fourth-order valence-corrected chi connectivity index (χ4v) is 1.99. The zero-order chi connectivity index (χ0) is 11.5. The maximum absolute atomic E-state index is 13.5. The highest BCUT2D eigenvalue weighted by Gasteiger charge is 2.30. The maximum atomic E-state index is 13.5. The van der Waals surface area contributed by atoms with Crippen LogP contribution in [0.25, 0.3) is 0 Å². The topological polar surface area (TPSA) is 27.0 Å². The highest BCUT2D eigenvalue weighted by atomic mass is 19.1. The second kappa shape index (κ2) is 4.52. The van der Waals surface area contributed by atoms with E-state index < -0.39 is 5.82 Å². The maximum Gasteiger partial charge on any atom is 0.143 e. The van der Waals surface area contributed by atoms with Gasteiger partial charge in [0, 0.05) is 12.6 Å². The van der Waals surface area contributed by atoms with E-state index in [1.165, 1.54) is 6.07 Å². The van der Waals surface area contributed by atoms with Gasteiger partial charge in [-0.25, -0.2) is 4.39 Å². The van der Waals surface area contributed by atoms with E-state index in [1.54, 1.807) is 6.07 Å². The molecule has 84 valence electrons. The van der Waals surface area contributed by atoms with Crippen LogP contribution in [0.2, 0.25) is 0 Å². The number of nitrogens with zero attached hydrogens (tertiary/aromatic N) is 2. The molecular weight excluding hydrogens is 203 g/mol. The van der Waals surface area contributed by atoms with E-state index in [1.807, 2.05) is 12.1 Å². The molecule has 0 amide bonds. The van der Waals surface area contributed by atoms with Crippen LogP contribution in [-0.2, 0) is 0 Å². The van der Waals surface area contributed by atoms with Gasteiger partial charge in [-0.05, 0) is 31.4 Å². The average Bonchev–Trinajstić information content (AvgIpc) is 3.09. The first-order valence-corrected chi connectivity index (χ1v) is 5.73. The highest BCUT2D eigenvalue weighted by Crippen LogP contribution is 2.34. The van der Waals surface area contributed by atoms with Crippen molar-refractivity contribution in [2.75, 3.05) is 11.4 Å². The third-order valence-electron chi connectivity index (χ3n) is 2.87. The van der Waals surface area contributed by atoms with Gasteiger partial charge in [0.25, 0.3) is 0 Å². The molecule has 1 aliphatic rings. The van der Waals surface area contributed by atoms with E-state index >= 15 is 0 Å². The lowest BCUT2D eigenvalue weighted by atomic mass is 10.1. The average molecular weight is 218 g/mol. The van der Waals surface area contributed by atoms with E-state index in [0.29, 0.717) is 6.04 Å². The number of benzene rings is 1. The predicted octanol–water partition coefficient (Wildman–Crippen LogP) is 3.08. The first kappa shape index (κ1) is 10.9. The molecule has 0 heterocycles. The van der Waals surface area contributed by atoms with Crippen molar-refractivity contribution in [3.8, 4) is 6.07 Å². The Balaban J connectivity index is 2.37. The molecule has 0 radical (unpaired) electrons. The van der Waals surface area contributed by atoms with Crippen LogP contribution in [0, 0.1) is 17.1 Å². The van der Waals surface area contributed by atoms with Gasteiger partial charge in [-0.15, -0.1) is 0 Å². The summed E-state index contributed by atoms with van der Waals surface area (Å²) in [6.45, 7) is 2.99. The molecule has 2 nitrogen and oxygen atoms in total. The van der Waals surface area contributed by atoms with Crippen molar-refractivity contribution in [2.45, 2.75) is 32.2 Å². The number of halogens is 1. The fraction of sp³-hybridized carbons (Fsp3) is 0.462. The monoisotopic (exact) mass is 218 g/mol. The summed E-state index contributed by atoms with van der Waals surface area (Å²) in [7, 11) is 0. The van der Waals surface area contributed by atoms with Gasteiger partial charge in [0.2, 0.25) is 0 Å². The number of hydrogen-bond donors (Lipinski definition) is 0. The lowest BCUT2D eigenvalue weighted by molar-refractivity contribution is 0.621. The van der Waals surface area contributed by atoms with E-state index in [4.69, 9.17) is 5.26 Å². The second-order valence-corrected chi connectivity index (χ2v) is 4.17. The predicted molar refractivity (Wildman–Crippen MR) is 61.8 cm³/mol. The van der Waals surface area contributed by atoms with Gasteiger partial charge < -0.3 is 4.90 Å². The number of rotatable bonds is 4. The Bertz CT molecular complexity index is 418. The standard InChI is InChI=1S/C13H15FN2/c1-2-8-16(10-6-7-10)13-5-3-4-12(14)11(13)9-15/h3-5,10H,2,6-8H2,1H3. The summed E-state index contributed by atoms with van der Waals surface area (Å²) in [6.07, 6.45) is 3.32. The summed E-state index contributed by atoms with van der Waals surface area (Å²) in [5.41, 5.74) is 0.940. The van der Waals surface area contributed by atoms with Crippen LogP contribution in [0.15, 0.2) is 18.2 Å². The number of anilines is 1. The molecule has 2 rings (SSSR count). The normalized spacial score (nSPS) is 14.6. The first-order chi connectivity index (χ1) is 7.77. The molecule has 1 saturated carbocycles. The fourth-order valence-electron chi connectivity index (χ4n) is 1.99. The largest absolute Gasteiger partial charge is 0.367 e. The van der Waals surface area contributed by atoms with Crippen LogP contribution in [0.3, 0.4) is 0 Å². The molecule has 0 atom stereocenters. The van der Waals surface area contributed by atoms with E-state index in [9.17, 15) is 4.39 Å². The molecule has 0 unspecified atom stereocenters. The van der Waals surface area contributed by atoms with Gasteiger partial charge in [0.15, 0.2) is 0 Å². The van der Waals surface area contributed by atoms with Crippen molar-refractivity contribution >= 4 is 5.69 Å². The molecule has 1 aromatic carbocycles. The summed E-state index contributed by atoms with van der Waals surface area (Å²) in [6, 6.07) is 7.34. The Morgan fingerprint density at radius 2 is 2.25 bits per heavy atom. The molecule has 3 heteroatoms. The van der Waals surface area contributed by atoms with Crippen molar-refractivity contribution in [2.24, 2.45) is 0 Å². The lowest BCUT2D eigenvalue weighted by Crippen LogP contribution is -2.27. The summed E-state index contributed by atoms with van der Waals surface area (Å²) in [4.78, 5) is 2.17. The zero-order valence-electron chi connectivity index (χ0n) is 9.41. The molecule has 0 bridgehead atoms. The molecular formula is C13H15FN2. The minimum atomic E-state index is -0.415. The van der Waals surface area contributed by atoms with Gasteiger partial charge in [-0.3, -0.25) is 0 Å². The van der Waals surface area contributed by atoms with Crippen LogP contribution in [-0.4, -0.2) is 12.6 Å².